The van der Waals surface area contributed by atoms with E-state index in [1.54, 1.807) is 12.0 Å². The maximum Gasteiger partial charge on any atom is 0.410 e. The van der Waals surface area contributed by atoms with E-state index >= 15 is 0 Å². The number of carbonyl (C=O) groups is 1. The van der Waals surface area contributed by atoms with Crippen LogP contribution in [0.4, 0.5) is 10.5 Å². The molecule has 9 heteroatoms. The first kappa shape index (κ1) is 23.6. The summed E-state index contributed by atoms with van der Waals surface area (Å²) in [5, 5.41) is 10.5. The summed E-state index contributed by atoms with van der Waals surface area (Å²) >= 11 is 6.70. The quantitative estimate of drug-likeness (QED) is 0.460. The summed E-state index contributed by atoms with van der Waals surface area (Å²) in [5.41, 5.74) is 2.87. The van der Waals surface area contributed by atoms with Gasteiger partial charge in [-0.1, -0.05) is 23.7 Å². The fourth-order valence-electron chi connectivity index (χ4n) is 4.71. The highest BCUT2D eigenvalue weighted by Crippen LogP contribution is 2.45. The maximum absolute atomic E-state index is 12.3. The number of ether oxygens (including phenoxy) is 3. The number of rotatable bonds is 5. The molecule has 0 atom stereocenters. The van der Waals surface area contributed by atoms with Crippen molar-refractivity contribution in [1.82, 2.24) is 15.1 Å². The van der Waals surface area contributed by atoms with Crippen molar-refractivity contribution in [2.75, 3.05) is 45.0 Å². The fraction of sp³-hybridized carbons (Fsp3) is 0.423. The number of hydrogen-bond acceptors (Lipinski definition) is 7. The molecule has 2 fully saturated rings. The van der Waals surface area contributed by atoms with Gasteiger partial charge >= 0.3 is 6.09 Å². The van der Waals surface area contributed by atoms with Crippen molar-refractivity contribution in [1.29, 1.82) is 0 Å². The van der Waals surface area contributed by atoms with Crippen molar-refractivity contribution in [2.24, 2.45) is 5.41 Å². The van der Waals surface area contributed by atoms with Crippen LogP contribution < -0.4 is 9.64 Å². The number of amides is 1. The molecule has 2 aliphatic rings. The van der Waals surface area contributed by atoms with Crippen LogP contribution in [0.2, 0.25) is 5.02 Å². The third-order valence-electron chi connectivity index (χ3n) is 6.25. The Morgan fingerprint density at radius 1 is 1.09 bits per heavy atom. The van der Waals surface area contributed by atoms with Gasteiger partial charge in [0.15, 0.2) is 6.79 Å². The SMILES string of the molecule is COCOc1ccccc1-c1cc2cc(Cl)c(N3CC4(CN(C(=O)OC(C)(C)C)C4)C3)cc2nn1. The summed E-state index contributed by atoms with van der Waals surface area (Å²) in [4.78, 5) is 16.3. The van der Waals surface area contributed by atoms with Crippen LogP contribution in [0.3, 0.4) is 0 Å². The van der Waals surface area contributed by atoms with Crippen molar-refractivity contribution < 1.29 is 19.0 Å². The van der Waals surface area contributed by atoms with Gasteiger partial charge in [-0.25, -0.2) is 4.79 Å². The molecule has 2 aliphatic heterocycles. The molecule has 1 aromatic heterocycles. The zero-order valence-corrected chi connectivity index (χ0v) is 21.1. The van der Waals surface area contributed by atoms with E-state index in [2.05, 4.69) is 15.1 Å². The van der Waals surface area contributed by atoms with E-state index in [9.17, 15) is 4.79 Å². The molecule has 0 unspecified atom stereocenters. The number of nitrogens with zero attached hydrogens (tertiary/aromatic N) is 4. The average Bonchev–Trinajstić information content (AvgIpc) is 2.74. The molecule has 5 rings (SSSR count). The molecule has 1 spiro atoms. The molecule has 1 amide bonds. The Morgan fingerprint density at radius 3 is 2.54 bits per heavy atom. The number of methoxy groups -OCH3 is 1. The molecule has 3 aromatic rings. The minimum absolute atomic E-state index is 0.108. The Balaban J connectivity index is 1.29. The first-order chi connectivity index (χ1) is 16.7. The number of halogens is 1. The van der Waals surface area contributed by atoms with Crippen molar-refractivity contribution >= 4 is 34.3 Å². The van der Waals surface area contributed by atoms with Crippen molar-refractivity contribution in [2.45, 2.75) is 26.4 Å². The molecule has 0 bridgehead atoms. The lowest BCUT2D eigenvalue weighted by atomic mass is 9.73. The number of hydrogen-bond donors (Lipinski definition) is 0. The summed E-state index contributed by atoms with van der Waals surface area (Å²) in [6.45, 7) is 8.89. The Labute approximate surface area is 209 Å². The molecule has 2 saturated heterocycles. The molecule has 0 aliphatic carbocycles. The summed E-state index contributed by atoms with van der Waals surface area (Å²) in [5.74, 6) is 0.678. The van der Waals surface area contributed by atoms with Gasteiger partial charge in [-0.05, 0) is 51.1 Å². The van der Waals surface area contributed by atoms with Gasteiger partial charge in [0.25, 0.3) is 0 Å². The first-order valence-corrected chi connectivity index (χ1v) is 12.0. The molecule has 0 saturated carbocycles. The minimum atomic E-state index is -0.482. The highest BCUT2D eigenvalue weighted by atomic mass is 35.5. The summed E-state index contributed by atoms with van der Waals surface area (Å²) in [7, 11) is 1.58. The number of carbonyl (C=O) groups excluding carboxylic acids is 1. The van der Waals surface area contributed by atoms with Crippen LogP contribution in [-0.2, 0) is 9.47 Å². The second-order valence-corrected chi connectivity index (χ2v) is 10.7. The molecule has 0 N–H and O–H groups in total. The monoisotopic (exact) mass is 496 g/mol. The van der Waals surface area contributed by atoms with Crippen LogP contribution in [0, 0.1) is 5.41 Å². The summed E-state index contributed by atoms with van der Waals surface area (Å²) in [6.07, 6.45) is -0.245. The topological polar surface area (TPSA) is 77.0 Å². The van der Waals surface area contributed by atoms with E-state index in [-0.39, 0.29) is 18.3 Å². The number of para-hydroxylation sites is 1. The standard InChI is InChI=1S/C26H29ClN4O4/c1-25(2,3)35-24(32)31-14-26(15-31)12-30(13-26)22-11-20-17(9-19(22)27)10-21(29-28-20)18-7-5-6-8-23(18)34-16-33-4/h5-11H,12-16H2,1-4H3. The zero-order chi connectivity index (χ0) is 24.8. The molecule has 184 valence electrons. The van der Waals surface area contributed by atoms with Crippen molar-refractivity contribution in [3.8, 4) is 17.0 Å². The number of fused-ring (bicyclic) bond motifs is 1. The Bertz CT molecular complexity index is 1260. The smallest absolute Gasteiger partial charge is 0.410 e. The van der Waals surface area contributed by atoms with Crippen LogP contribution in [0.25, 0.3) is 22.2 Å². The Morgan fingerprint density at radius 2 is 1.83 bits per heavy atom. The Hall–Kier alpha value is -3.10. The highest BCUT2D eigenvalue weighted by Gasteiger charge is 2.54. The van der Waals surface area contributed by atoms with Gasteiger partial charge in [0, 0.05) is 49.7 Å². The van der Waals surface area contributed by atoms with Gasteiger partial charge in [-0.3, -0.25) is 0 Å². The predicted octanol–water partition coefficient (Wildman–Crippen LogP) is 4.99. The predicted molar refractivity (Wildman–Crippen MR) is 135 cm³/mol. The van der Waals surface area contributed by atoms with E-state index in [4.69, 9.17) is 25.8 Å². The van der Waals surface area contributed by atoms with Crippen LogP contribution in [0.5, 0.6) is 5.75 Å². The molecular weight excluding hydrogens is 468 g/mol. The van der Waals surface area contributed by atoms with Crippen LogP contribution >= 0.6 is 11.6 Å². The van der Waals surface area contributed by atoms with E-state index in [1.807, 2.05) is 63.2 Å². The third kappa shape index (κ3) is 4.73. The van der Waals surface area contributed by atoms with Crippen molar-refractivity contribution in [3.63, 3.8) is 0 Å². The van der Waals surface area contributed by atoms with Gasteiger partial charge in [0.2, 0.25) is 0 Å². The number of likely N-dealkylation sites (tertiary alicyclic amines) is 1. The lowest BCUT2D eigenvalue weighted by Crippen LogP contribution is -2.73. The van der Waals surface area contributed by atoms with Gasteiger partial charge in [0.1, 0.15) is 11.4 Å². The van der Waals surface area contributed by atoms with E-state index in [1.165, 1.54) is 0 Å². The molecule has 3 heterocycles. The number of anilines is 1. The number of benzene rings is 2. The Kier molecular flexibility index (Phi) is 5.97. The van der Waals surface area contributed by atoms with Gasteiger partial charge in [-0.15, -0.1) is 10.2 Å². The summed E-state index contributed by atoms with van der Waals surface area (Å²) < 4.78 is 16.2. The summed E-state index contributed by atoms with van der Waals surface area (Å²) in [6, 6.07) is 13.5. The molecule has 2 aromatic carbocycles. The molecule has 8 nitrogen and oxygen atoms in total. The lowest BCUT2D eigenvalue weighted by Gasteiger charge is -2.60. The molecule has 35 heavy (non-hydrogen) atoms. The number of aromatic nitrogens is 2. The highest BCUT2D eigenvalue weighted by molar-refractivity contribution is 6.34. The zero-order valence-electron chi connectivity index (χ0n) is 20.4. The first-order valence-electron chi connectivity index (χ1n) is 11.6. The van der Waals surface area contributed by atoms with Crippen molar-refractivity contribution in [3.05, 3.63) is 47.5 Å². The van der Waals surface area contributed by atoms with Gasteiger partial charge in [-0.2, -0.15) is 0 Å². The van der Waals surface area contributed by atoms with Crippen LogP contribution in [-0.4, -0.2) is 66.9 Å². The second kappa shape index (κ2) is 8.84. The minimum Gasteiger partial charge on any atom is -0.467 e. The van der Waals surface area contributed by atoms with Crippen LogP contribution in [0.15, 0.2) is 42.5 Å². The second-order valence-electron chi connectivity index (χ2n) is 10.3. The van der Waals surface area contributed by atoms with Crippen LogP contribution in [0.1, 0.15) is 20.8 Å². The van der Waals surface area contributed by atoms with E-state index in [0.717, 1.165) is 35.2 Å². The average molecular weight is 497 g/mol. The van der Waals surface area contributed by atoms with E-state index in [0.29, 0.717) is 29.6 Å². The largest absolute Gasteiger partial charge is 0.467 e. The van der Waals surface area contributed by atoms with Gasteiger partial charge in [0.05, 0.1) is 21.9 Å². The normalized spacial score (nSPS) is 16.7. The lowest BCUT2D eigenvalue weighted by molar-refractivity contribution is -0.0452. The van der Waals surface area contributed by atoms with E-state index < -0.39 is 5.60 Å². The maximum atomic E-state index is 12.3. The molecule has 0 radical (unpaired) electrons. The van der Waals surface area contributed by atoms with Gasteiger partial charge < -0.3 is 24.0 Å². The third-order valence-corrected chi connectivity index (χ3v) is 6.55. The fourth-order valence-corrected chi connectivity index (χ4v) is 5.00. The molecular formula is C26H29ClN4O4.